The van der Waals surface area contributed by atoms with Crippen molar-refractivity contribution in [3.8, 4) is 0 Å². The summed E-state index contributed by atoms with van der Waals surface area (Å²) in [6.07, 6.45) is 0.554. The summed E-state index contributed by atoms with van der Waals surface area (Å²) in [7, 11) is -0.739. The average molecular weight is 719 g/mol. The first kappa shape index (κ1) is 40.6. The van der Waals surface area contributed by atoms with Crippen molar-refractivity contribution in [3.05, 3.63) is 35.9 Å². The summed E-state index contributed by atoms with van der Waals surface area (Å²) >= 11 is 0. The molecule has 3 rings (SSSR count). The number of rotatable bonds is 15. The number of likely N-dealkylation sites (tertiary alicyclic amines) is 1. The van der Waals surface area contributed by atoms with Crippen molar-refractivity contribution in [3.63, 3.8) is 0 Å². The first-order valence-corrected chi connectivity index (χ1v) is 18.6. The van der Waals surface area contributed by atoms with E-state index in [2.05, 4.69) is 20.7 Å². The van der Waals surface area contributed by atoms with Crippen molar-refractivity contribution < 1.29 is 37.2 Å². The molecule has 1 saturated heterocycles. The van der Waals surface area contributed by atoms with Gasteiger partial charge in [-0.15, -0.1) is 0 Å². The number of hydrogen-bond acceptors (Lipinski definition) is 8. The van der Waals surface area contributed by atoms with Crippen LogP contribution >= 0.6 is 0 Å². The van der Waals surface area contributed by atoms with Crippen LogP contribution in [0, 0.1) is 22.7 Å². The number of hydrogen-bond donors (Lipinski definition) is 4. The van der Waals surface area contributed by atoms with Gasteiger partial charge in [-0.2, -0.15) is 0 Å². The van der Waals surface area contributed by atoms with E-state index in [0.29, 0.717) is 12.0 Å². The molecule has 2 unspecified atom stereocenters. The average Bonchev–Trinajstić information content (AvgIpc) is 3.33. The third kappa shape index (κ3) is 9.08. The molecule has 0 bridgehead atoms. The minimum Gasteiger partial charge on any atom is -0.347 e. The molecule has 5 amide bonds. The summed E-state index contributed by atoms with van der Waals surface area (Å²) in [6, 6.07) is 4.21. The minimum atomic E-state index is -3.84. The lowest BCUT2D eigenvalue weighted by atomic mass is 9.86. The molecule has 2 aliphatic rings. The molecule has 15 heteroatoms. The molecule has 1 aromatic rings. The maximum absolute atomic E-state index is 14.1. The van der Waals surface area contributed by atoms with Gasteiger partial charge in [0.1, 0.15) is 18.1 Å². The number of nitrogens with one attached hydrogen (secondary N) is 4. The van der Waals surface area contributed by atoms with Crippen molar-refractivity contribution in [1.82, 2.24) is 30.5 Å². The number of likely N-dealkylation sites (N-methyl/N-ethyl adjacent to an activating group) is 1. The Morgan fingerprint density at radius 3 is 2.12 bits per heavy atom. The monoisotopic (exact) mass is 718 g/mol. The van der Waals surface area contributed by atoms with E-state index < -0.39 is 80.8 Å². The van der Waals surface area contributed by atoms with Crippen LogP contribution in [0.25, 0.3) is 0 Å². The van der Waals surface area contributed by atoms with Crippen LogP contribution in [-0.4, -0.2) is 104 Å². The lowest BCUT2D eigenvalue weighted by Crippen LogP contribution is -2.61. The summed E-state index contributed by atoms with van der Waals surface area (Å²) in [4.78, 5) is 82.7. The van der Waals surface area contributed by atoms with Gasteiger partial charge in [-0.25, -0.2) is 13.1 Å². The van der Waals surface area contributed by atoms with E-state index in [1.807, 2.05) is 13.8 Å². The van der Waals surface area contributed by atoms with Crippen LogP contribution in [-0.2, 0) is 38.8 Å². The summed E-state index contributed by atoms with van der Waals surface area (Å²) in [6.45, 7) is 13.7. The van der Waals surface area contributed by atoms with E-state index in [4.69, 9.17) is 0 Å². The highest BCUT2D eigenvalue weighted by molar-refractivity contribution is 7.90. The maximum atomic E-state index is 14.1. The topological polar surface area (TPSA) is 191 Å². The summed E-state index contributed by atoms with van der Waals surface area (Å²) in [5.41, 5.74) is -0.554. The predicted molar refractivity (Wildman–Crippen MR) is 188 cm³/mol. The van der Waals surface area contributed by atoms with E-state index >= 15 is 0 Å². The number of piperidine rings is 1. The fraction of sp³-hybridized carbons (Fsp3) is 0.657. The molecule has 4 N–H and O–H groups in total. The molecule has 1 saturated carbocycles. The van der Waals surface area contributed by atoms with Crippen LogP contribution in [0.1, 0.15) is 79.8 Å². The second kappa shape index (κ2) is 15.6. The van der Waals surface area contributed by atoms with Gasteiger partial charge in [0.25, 0.3) is 5.91 Å². The van der Waals surface area contributed by atoms with Crippen LogP contribution in [0.2, 0.25) is 0 Å². The Morgan fingerprint density at radius 2 is 1.60 bits per heavy atom. The van der Waals surface area contributed by atoms with Crippen molar-refractivity contribution in [2.24, 2.45) is 22.7 Å². The minimum absolute atomic E-state index is 0.00856. The Kier molecular flexibility index (Phi) is 12.6. The van der Waals surface area contributed by atoms with Crippen molar-refractivity contribution in [2.75, 3.05) is 27.2 Å². The van der Waals surface area contributed by atoms with Gasteiger partial charge in [0.05, 0.1) is 17.8 Å². The maximum Gasteiger partial charge on any atom is 0.290 e. The van der Waals surface area contributed by atoms with Gasteiger partial charge in [0.2, 0.25) is 39.4 Å². The lowest BCUT2D eigenvalue weighted by Gasteiger charge is -2.38. The number of Topliss-reactive ketones (excluding diaryl/α,β-unsaturated/α-hetero) is 1. The number of benzene rings is 1. The van der Waals surface area contributed by atoms with E-state index in [1.165, 1.54) is 23.6 Å². The van der Waals surface area contributed by atoms with Crippen molar-refractivity contribution in [1.29, 1.82) is 0 Å². The van der Waals surface area contributed by atoms with Crippen molar-refractivity contribution >= 4 is 45.3 Å². The Morgan fingerprint density at radius 1 is 1.00 bits per heavy atom. The molecule has 0 radical (unpaired) electrons. The Bertz CT molecular complexity index is 1570. The molecule has 14 nitrogen and oxygen atoms in total. The number of amides is 5. The molecule has 0 aromatic heterocycles. The number of fused-ring (bicyclic) bond motifs is 1. The first-order chi connectivity index (χ1) is 23.1. The normalized spacial score (nSPS) is 21.3. The van der Waals surface area contributed by atoms with E-state index in [0.717, 1.165) is 0 Å². The highest BCUT2D eigenvalue weighted by Gasteiger charge is 2.70. The second-order valence-electron chi connectivity index (χ2n) is 15.4. The molecule has 2 fully saturated rings. The molecule has 1 aliphatic carbocycles. The zero-order valence-electron chi connectivity index (χ0n) is 30.8. The number of carbonyl (C=O) groups is 6. The van der Waals surface area contributed by atoms with Gasteiger partial charge < -0.3 is 25.8 Å². The fourth-order valence-corrected chi connectivity index (χ4v) is 7.56. The highest BCUT2D eigenvalue weighted by atomic mass is 32.2. The molecule has 0 spiro atoms. The largest absolute Gasteiger partial charge is 0.347 e. The summed E-state index contributed by atoms with van der Waals surface area (Å²) in [5, 5.41) is 6.82. The Hall–Kier alpha value is -3.85. The zero-order valence-corrected chi connectivity index (χ0v) is 31.6. The first-order valence-electron chi connectivity index (χ1n) is 17.1. The SMILES string of the molecule is CCCC(NC(=O)[C@@H]1C2[C@H](CN1C(=O)[C@@H](NS(=O)(=O)C(C)C)C(C)(C)C)C2(C)C)C(=O)C(=O)NCC(=O)N[C@H](C(=O)N(C)C)c1ccccc1. The van der Waals surface area contributed by atoms with Gasteiger partial charge >= 0.3 is 0 Å². The number of carbonyl (C=O) groups excluding carboxylic acids is 6. The molecular weight excluding hydrogens is 664 g/mol. The number of sulfonamides is 1. The molecule has 278 valence electrons. The third-order valence-electron chi connectivity index (χ3n) is 9.75. The van der Waals surface area contributed by atoms with Crippen LogP contribution in [0.5, 0.6) is 0 Å². The van der Waals surface area contributed by atoms with Crippen LogP contribution in [0.3, 0.4) is 0 Å². The molecule has 1 aliphatic heterocycles. The standard InChI is InChI=1S/C35H54N6O8S/c1-11-15-23(28(43)31(45)36-18-24(42)38-26(32(46)40(9)10)21-16-13-12-14-17-21)37-30(44)27-25-22(35(25,7)8)19-41(27)33(47)29(34(4,5)6)39-50(48,49)20(2)3/h12-14,16-17,20,22-23,25-27,29,39H,11,15,18-19H2,1-10H3,(H,36,45)(H,37,44)(H,38,42)/t22-,23?,25?,26-,27-,29+/m0/s1. The Labute approximate surface area is 295 Å². The third-order valence-corrected chi connectivity index (χ3v) is 11.6. The fourth-order valence-electron chi connectivity index (χ4n) is 6.50. The van der Waals surface area contributed by atoms with Crippen LogP contribution < -0.4 is 20.7 Å². The van der Waals surface area contributed by atoms with Gasteiger partial charge in [-0.05, 0) is 48.5 Å². The van der Waals surface area contributed by atoms with E-state index in [9.17, 15) is 37.2 Å². The molecule has 1 aromatic carbocycles. The smallest absolute Gasteiger partial charge is 0.290 e. The number of nitrogens with zero attached hydrogens (tertiary/aromatic N) is 2. The quantitative estimate of drug-likeness (QED) is 0.194. The van der Waals surface area contributed by atoms with Crippen molar-refractivity contribution in [2.45, 2.75) is 97.6 Å². The van der Waals surface area contributed by atoms with Crippen LogP contribution in [0.4, 0.5) is 0 Å². The number of ketones is 1. The molecule has 6 atom stereocenters. The van der Waals surface area contributed by atoms with Crippen LogP contribution in [0.15, 0.2) is 30.3 Å². The molecule has 50 heavy (non-hydrogen) atoms. The molecule has 1 heterocycles. The molecular formula is C35H54N6O8S. The second-order valence-corrected chi connectivity index (χ2v) is 17.7. The predicted octanol–water partition coefficient (Wildman–Crippen LogP) is 1.13. The highest BCUT2D eigenvalue weighted by Crippen LogP contribution is 2.65. The van der Waals surface area contributed by atoms with Gasteiger partial charge in [0.15, 0.2) is 0 Å². The summed E-state index contributed by atoms with van der Waals surface area (Å²) in [5.74, 6) is -4.52. The van der Waals surface area contributed by atoms with E-state index in [-0.39, 0.29) is 36.1 Å². The van der Waals surface area contributed by atoms with E-state index in [1.54, 1.807) is 72.1 Å². The van der Waals surface area contributed by atoms with Gasteiger partial charge in [0, 0.05) is 20.6 Å². The Balaban J connectivity index is 1.75. The lowest BCUT2D eigenvalue weighted by molar-refractivity contribution is -0.145. The zero-order chi connectivity index (χ0) is 37.9. The van der Waals surface area contributed by atoms with Gasteiger partial charge in [-0.1, -0.05) is 78.3 Å². The summed E-state index contributed by atoms with van der Waals surface area (Å²) < 4.78 is 28.2. The van der Waals surface area contributed by atoms with Gasteiger partial charge in [-0.3, -0.25) is 28.8 Å².